The Morgan fingerprint density at radius 1 is 1.08 bits per heavy atom. The van der Waals surface area contributed by atoms with E-state index in [9.17, 15) is 9.59 Å². The summed E-state index contributed by atoms with van der Waals surface area (Å²) in [5.74, 6) is 0.241. The molecule has 6 rings (SSSR count). The van der Waals surface area contributed by atoms with E-state index in [1.54, 1.807) is 24.3 Å². The first kappa shape index (κ1) is 22.6. The fourth-order valence-electron chi connectivity index (χ4n) is 4.83. The number of nitrogens with zero attached hydrogens (tertiary/aromatic N) is 6. The van der Waals surface area contributed by atoms with Crippen LogP contribution in [0.3, 0.4) is 0 Å². The summed E-state index contributed by atoms with van der Waals surface area (Å²) in [6.07, 6.45) is 6.95. The number of ether oxygens (including phenoxy) is 1. The number of carbonyl (C=O) groups excluding carboxylic acids is 2. The SMILES string of the molecule is COc1cnc(-n2cnc(C)n2)c2[nH]cc(C(=O)C(=O)N3CCc4c(ccnc4-c4ccccc4)C3)c12. The van der Waals surface area contributed by atoms with Crippen LogP contribution >= 0.6 is 0 Å². The molecule has 0 fully saturated rings. The van der Waals surface area contributed by atoms with Crippen LogP contribution in [-0.4, -0.2) is 60.0 Å². The molecule has 1 amide bonds. The average Bonchev–Trinajstić information content (AvgIpc) is 3.58. The standard InChI is InChI=1S/C27H23N7O3/c1-16-31-15-34(32-16)26-24-22(21(37-2)13-30-26)20(12-29-24)25(35)27(36)33-11-9-19-18(14-33)8-10-28-23(19)17-6-4-3-5-7-17/h3-8,10,12-13,15,29H,9,11,14H2,1-2H3. The van der Waals surface area contributed by atoms with E-state index in [0.717, 1.165) is 22.4 Å². The zero-order valence-corrected chi connectivity index (χ0v) is 20.3. The molecule has 37 heavy (non-hydrogen) atoms. The summed E-state index contributed by atoms with van der Waals surface area (Å²) in [4.78, 5) is 44.8. The zero-order chi connectivity index (χ0) is 25.5. The van der Waals surface area contributed by atoms with Crippen molar-refractivity contribution < 1.29 is 14.3 Å². The molecule has 0 atom stereocenters. The van der Waals surface area contributed by atoms with Gasteiger partial charge in [0, 0.05) is 31.0 Å². The maximum atomic E-state index is 13.5. The molecule has 10 nitrogen and oxygen atoms in total. The largest absolute Gasteiger partial charge is 0.494 e. The molecule has 5 heterocycles. The van der Waals surface area contributed by atoms with Gasteiger partial charge in [-0.25, -0.2) is 14.6 Å². The third kappa shape index (κ3) is 3.83. The summed E-state index contributed by atoms with van der Waals surface area (Å²) in [7, 11) is 1.50. The number of fused-ring (bicyclic) bond motifs is 2. The van der Waals surface area contributed by atoms with Crippen molar-refractivity contribution in [3.05, 3.63) is 83.8 Å². The number of hydrogen-bond acceptors (Lipinski definition) is 7. The Labute approximate surface area is 212 Å². The Bertz CT molecular complexity index is 1660. The van der Waals surface area contributed by atoms with Crippen molar-refractivity contribution in [2.75, 3.05) is 13.7 Å². The Balaban J connectivity index is 1.32. The van der Waals surface area contributed by atoms with Crippen molar-refractivity contribution in [2.45, 2.75) is 19.9 Å². The molecule has 4 aromatic heterocycles. The van der Waals surface area contributed by atoms with Crippen LogP contribution in [0.25, 0.3) is 28.0 Å². The number of aromatic nitrogens is 6. The van der Waals surface area contributed by atoms with Gasteiger partial charge in [0.05, 0.1) is 35.5 Å². The van der Waals surface area contributed by atoms with Crippen LogP contribution in [0.2, 0.25) is 0 Å². The highest BCUT2D eigenvalue weighted by Gasteiger charge is 2.31. The minimum Gasteiger partial charge on any atom is -0.494 e. The molecule has 0 bridgehead atoms. The molecular weight excluding hydrogens is 470 g/mol. The molecule has 10 heteroatoms. The fourth-order valence-corrected chi connectivity index (χ4v) is 4.83. The normalized spacial score (nSPS) is 13.0. The Morgan fingerprint density at radius 2 is 1.92 bits per heavy atom. The summed E-state index contributed by atoms with van der Waals surface area (Å²) >= 11 is 0. The van der Waals surface area contributed by atoms with Gasteiger partial charge >= 0.3 is 0 Å². The molecular formula is C27H23N7O3. The molecule has 0 radical (unpaired) electrons. The second-order valence-electron chi connectivity index (χ2n) is 8.81. The molecule has 1 N–H and O–H groups in total. The van der Waals surface area contributed by atoms with E-state index in [1.165, 1.54) is 24.2 Å². The lowest BCUT2D eigenvalue weighted by atomic mass is 9.94. The number of carbonyl (C=O) groups is 2. The van der Waals surface area contributed by atoms with Crippen LogP contribution in [0.1, 0.15) is 27.3 Å². The van der Waals surface area contributed by atoms with Crippen molar-refractivity contribution >= 4 is 22.6 Å². The van der Waals surface area contributed by atoms with E-state index in [0.29, 0.717) is 47.8 Å². The molecule has 0 saturated heterocycles. The van der Waals surface area contributed by atoms with Crippen molar-refractivity contribution in [2.24, 2.45) is 0 Å². The van der Waals surface area contributed by atoms with Gasteiger partial charge in [0.2, 0.25) is 0 Å². The number of methoxy groups -OCH3 is 1. The van der Waals surface area contributed by atoms with Crippen molar-refractivity contribution in [3.8, 4) is 22.8 Å². The van der Waals surface area contributed by atoms with Crippen LogP contribution in [0.5, 0.6) is 5.75 Å². The predicted molar refractivity (Wildman–Crippen MR) is 135 cm³/mol. The van der Waals surface area contributed by atoms with E-state index in [1.807, 2.05) is 36.4 Å². The third-order valence-corrected chi connectivity index (χ3v) is 6.62. The second-order valence-corrected chi connectivity index (χ2v) is 8.81. The van der Waals surface area contributed by atoms with Gasteiger partial charge in [0.15, 0.2) is 5.82 Å². The predicted octanol–water partition coefficient (Wildman–Crippen LogP) is 3.29. The van der Waals surface area contributed by atoms with Gasteiger partial charge in [-0.1, -0.05) is 30.3 Å². The Morgan fingerprint density at radius 3 is 2.68 bits per heavy atom. The number of benzene rings is 1. The number of aromatic amines is 1. The number of hydrogen-bond donors (Lipinski definition) is 1. The maximum Gasteiger partial charge on any atom is 0.295 e. The highest BCUT2D eigenvalue weighted by Crippen LogP contribution is 2.33. The first-order valence-electron chi connectivity index (χ1n) is 11.8. The Hall–Kier alpha value is -4.86. The van der Waals surface area contributed by atoms with Gasteiger partial charge in [-0.2, -0.15) is 5.10 Å². The number of pyridine rings is 2. The number of amides is 1. The molecule has 1 aliphatic heterocycles. The molecule has 0 unspecified atom stereocenters. The molecule has 5 aromatic rings. The number of rotatable bonds is 5. The molecule has 0 saturated carbocycles. The molecule has 1 aliphatic rings. The van der Waals surface area contributed by atoms with Crippen LogP contribution in [0.4, 0.5) is 0 Å². The fraction of sp³-hybridized carbons (Fsp3) is 0.185. The monoisotopic (exact) mass is 493 g/mol. The van der Waals surface area contributed by atoms with Gasteiger partial charge in [-0.3, -0.25) is 14.6 Å². The number of nitrogens with one attached hydrogen (secondary N) is 1. The van der Waals surface area contributed by atoms with Crippen molar-refractivity contribution in [1.82, 2.24) is 34.6 Å². The second kappa shape index (κ2) is 8.98. The summed E-state index contributed by atoms with van der Waals surface area (Å²) in [5, 5.41) is 4.80. The molecule has 1 aromatic carbocycles. The van der Waals surface area contributed by atoms with Crippen LogP contribution in [0, 0.1) is 6.92 Å². The maximum absolute atomic E-state index is 13.5. The van der Waals surface area contributed by atoms with E-state index in [2.05, 4.69) is 25.0 Å². The third-order valence-electron chi connectivity index (χ3n) is 6.62. The number of aryl methyl sites for hydroxylation is 1. The average molecular weight is 494 g/mol. The highest BCUT2D eigenvalue weighted by molar-refractivity contribution is 6.45. The van der Waals surface area contributed by atoms with Gasteiger partial charge in [-0.05, 0) is 30.5 Å². The van der Waals surface area contributed by atoms with Crippen molar-refractivity contribution in [3.63, 3.8) is 0 Å². The number of H-pyrrole nitrogens is 1. The zero-order valence-electron chi connectivity index (χ0n) is 20.3. The number of ketones is 1. The molecule has 184 valence electrons. The topological polar surface area (TPSA) is 119 Å². The minimum absolute atomic E-state index is 0.225. The van der Waals surface area contributed by atoms with E-state index in [4.69, 9.17) is 4.74 Å². The van der Waals surface area contributed by atoms with Crippen molar-refractivity contribution in [1.29, 1.82) is 0 Å². The van der Waals surface area contributed by atoms with Gasteiger partial charge in [-0.15, -0.1) is 0 Å². The smallest absolute Gasteiger partial charge is 0.295 e. The lowest BCUT2D eigenvalue weighted by molar-refractivity contribution is -0.127. The Kier molecular flexibility index (Phi) is 5.48. The number of Topliss-reactive ketones (excluding diaryl/α,β-unsaturated/α-hetero) is 1. The minimum atomic E-state index is -0.614. The van der Waals surface area contributed by atoms with Gasteiger partial charge in [0.25, 0.3) is 11.7 Å². The van der Waals surface area contributed by atoms with Gasteiger partial charge < -0.3 is 14.6 Å². The molecule has 0 spiro atoms. The first-order valence-corrected chi connectivity index (χ1v) is 11.8. The lowest BCUT2D eigenvalue weighted by Crippen LogP contribution is -2.40. The first-order chi connectivity index (χ1) is 18.0. The summed E-state index contributed by atoms with van der Waals surface area (Å²) in [6, 6.07) is 11.9. The summed E-state index contributed by atoms with van der Waals surface area (Å²) in [6.45, 7) is 2.54. The van der Waals surface area contributed by atoms with Crippen LogP contribution in [0.15, 0.2) is 61.3 Å². The van der Waals surface area contributed by atoms with Crippen LogP contribution < -0.4 is 4.74 Å². The summed E-state index contributed by atoms with van der Waals surface area (Å²) < 4.78 is 7.01. The van der Waals surface area contributed by atoms with E-state index in [-0.39, 0.29) is 5.56 Å². The van der Waals surface area contributed by atoms with Crippen LogP contribution in [-0.2, 0) is 17.8 Å². The quantitative estimate of drug-likeness (QED) is 0.295. The van der Waals surface area contributed by atoms with Gasteiger partial charge in [0.1, 0.15) is 17.9 Å². The molecule has 0 aliphatic carbocycles. The lowest BCUT2D eigenvalue weighted by Gasteiger charge is -2.29. The summed E-state index contributed by atoms with van der Waals surface area (Å²) in [5.41, 5.74) is 4.81. The van der Waals surface area contributed by atoms with E-state index < -0.39 is 11.7 Å². The van der Waals surface area contributed by atoms with E-state index >= 15 is 0 Å². The highest BCUT2D eigenvalue weighted by atomic mass is 16.5.